The summed E-state index contributed by atoms with van der Waals surface area (Å²) in [6, 6.07) is 8.69. The number of halogens is 1. The minimum Gasteiger partial charge on any atom is -0.368 e. The van der Waals surface area contributed by atoms with Gasteiger partial charge in [-0.1, -0.05) is 0 Å². The Bertz CT molecular complexity index is 617. The van der Waals surface area contributed by atoms with Crippen molar-refractivity contribution in [3.05, 3.63) is 41.4 Å². The topological polar surface area (TPSA) is 24.3 Å². The summed E-state index contributed by atoms with van der Waals surface area (Å²) in [6.07, 6.45) is 3.78. The summed E-state index contributed by atoms with van der Waals surface area (Å²) in [6.45, 7) is 7.84. The molecule has 1 aliphatic heterocycles. The van der Waals surface area contributed by atoms with Crippen LogP contribution in [0.15, 0.2) is 41.4 Å². The summed E-state index contributed by atoms with van der Waals surface area (Å²) in [5.41, 5.74) is 2.64. The maximum atomic E-state index is 4.20. The van der Waals surface area contributed by atoms with Crippen molar-refractivity contribution < 1.29 is 0 Å². The number of rotatable bonds is 2. The first kappa shape index (κ1) is 14.6. The van der Waals surface area contributed by atoms with E-state index in [1.807, 2.05) is 17.1 Å². The summed E-state index contributed by atoms with van der Waals surface area (Å²) in [5.74, 6) is 0. The van der Waals surface area contributed by atoms with E-state index in [2.05, 4.69) is 75.9 Å². The number of hydrogen-bond acceptors (Lipinski definition) is 3. The predicted octanol–water partition coefficient (Wildman–Crippen LogP) is 3.17. The molecule has 0 aliphatic carbocycles. The van der Waals surface area contributed by atoms with Gasteiger partial charge in [0.2, 0.25) is 0 Å². The van der Waals surface area contributed by atoms with Crippen LogP contribution in [0.1, 0.15) is 13.8 Å². The number of anilines is 1. The Morgan fingerprint density at radius 2 is 1.76 bits per heavy atom. The monoisotopic (exact) mass is 348 g/mol. The van der Waals surface area contributed by atoms with Crippen LogP contribution in [0, 0.1) is 0 Å². The van der Waals surface area contributed by atoms with Gasteiger partial charge in [0.1, 0.15) is 10.9 Å². The van der Waals surface area contributed by atoms with E-state index in [0.717, 1.165) is 29.9 Å². The molecule has 2 heterocycles. The number of likely N-dealkylation sites (N-methyl/N-ethyl adjacent to an activating group) is 1. The number of piperazine rings is 1. The van der Waals surface area contributed by atoms with Crippen LogP contribution in [-0.2, 0) is 0 Å². The molecule has 1 aromatic heterocycles. The van der Waals surface area contributed by atoms with Crippen molar-refractivity contribution in [3.63, 3.8) is 0 Å². The van der Waals surface area contributed by atoms with E-state index in [4.69, 9.17) is 0 Å². The summed E-state index contributed by atoms with van der Waals surface area (Å²) < 4.78 is 2.87. The molecule has 4 nitrogen and oxygen atoms in total. The van der Waals surface area contributed by atoms with E-state index in [9.17, 15) is 0 Å². The highest BCUT2D eigenvalue weighted by Gasteiger charge is 2.30. The molecule has 0 amide bonds. The van der Waals surface area contributed by atoms with Gasteiger partial charge >= 0.3 is 0 Å². The molecule has 0 unspecified atom stereocenters. The van der Waals surface area contributed by atoms with Crippen molar-refractivity contribution in [1.82, 2.24) is 14.5 Å². The van der Waals surface area contributed by atoms with Gasteiger partial charge in [-0.25, -0.2) is 4.98 Å². The average molecular weight is 349 g/mol. The normalized spacial score (nSPS) is 19.0. The highest BCUT2D eigenvalue weighted by Crippen LogP contribution is 2.25. The Kier molecular flexibility index (Phi) is 3.80. The van der Waals surface area contributed by atoms with Crippen LogP contribution in [0.2, 0.25) is 0 Å². The Labute approximate surface area is 134 Å². The van der Waals surface area contributed by atoms with Crippen LogP contribution in [-0.4, -0.2) is 46.7 Å². The van der Waals surface area contributed by atoms with Gasteiger partial charge in [0.15, 0.2) is 0 Å². The van der Waals surface area contributed by atoms with E-state index < -0.39 is 0 Å². The standard InChI is InChI=1S/C16H21BrN4/c1-16(2)11-20(9-8-19(16)3)13-4-6-14(7-5-13)21-10-15(17)18-12-21/h4-7,10,12H,8-9,11H2,1-3H3. The van der Waals surface area contributed by atoms with Crippen LogP contribution in [0.3, 0.4) is 0 Å². The van der Waals surface area contributed by atoms with Crippen LogP contribution in [0.5, 0.6) is 0 Å². The third kappa shape index (κ3) is 2.99. The minimum atomic E-state index is 0.214. The molecular weight excluding hydrogens is 328 g/mol. The van der Waals surface area contributed by atoms with Crippen LogP contribution in [0.25, 0.3) is 5.69 Å². The summed E-state index contributed by atoms with van der Waals surface area (Å²) in [5, 5.41) is 0. The van der Waals surface area contributed by atoms with Crippen molar-refractivity contribution in [2.45, 2.75) is 19.4 Å². The lowest BCUT2D eigenvalue weighted by Gasteiger charge is -2.46. The Hall–Kier alpha value is -1.33. The number of aromatic nitrogens is 2. The molecule has 112 valence electrons. The molecule has 0 radical (unpaired) electrons. The summed E-state index contributed by atoms with van der Waals surface area (Å²) in [7, 11) is 2.21. The van der Waals surface area contributed by atoms with Crippen LogP contribution >= 0.6 is 15.9 Å². The fraction of sp³-hybridized carbons (Fsp3) is 0.438. The first-order valence-electron chi connectivity index (χ1n) is 7.22. The Morgan fingerprint density at radius 3 is 2.33 bits per heavy atom. The van der Waals surface area contributed by atoms with Gasteiger partial charge in [-0.15, -0.1) is 0 Å². The number of benzene rings is 1. The van der Waals surface area contributed by atoms with E-state index >= 15 is 0 Å². The van der Waals surface area contributed by atoms with Crippen LogP contribution < -0.4 is 4.90 Å². The zero-order valence-electron chi connectivity index (χ0n) is 12.8. The first-order chi connectivity index (χ1) is 9.95. The molecule has 0 N–H and O–H groups in total. The van der Waals surface area contributed by atoms with Gasteiger partial charge in [-0.3, -0.25) is 4.90 Å². The average Bonchev–Trinajstić information content (AvgIpc) is 2.89. The van der Waals surface area contributed by atoms with Gasteiger partial charge in [-0.05, 0) is 61.1 Å². The van der Waals surface area contributed by atoms with E-state index in [1.165, 1.54) is 5.69 Å². The molecule has 0 bridgehead atoms. The van der Waals surface area contributed by atoms with E-state index in [-0.39, 0.29) is 5.54 Å². The minimum absolute atomic E-state index is 0.214. The molecule has 2 aromatic rings. The van der Waals surface area contributed by atoms with Gasteiger partial charge in [0, 0.05) is 42.7 Å². The van der Waals surface area contributed by atoms with Crippen molar-refractivity contribution in [1.29, 1.82) is 0 Å². The SMILES string of the molecule is CN1CCN(c2ccc(-n3cnc(Br)c3)cc2)CC1(C)C. The largest absolute Gasteiger partial charge is 0.368 e. The smallest absolute Gasteiger partial charge is 0.124 e. The second kappa shape index (κ2) is 5.46. The number of imidazole rings is 1. The second-order valence-corrected chi connectivity index (χ2v) is 7.09. The molecule has 0 atom stereocenters. The lowest BCUT2D eigenvalue weighted by atomic mass is 9.99. The fourth-order valence-electron chi connectivity index (χ4n) is 2.74. The molecule has 1 fully saturated rings. The molecule has 1 saturated heterocycles. The fourth-order valence-corrected chi connectivity index (χ4v) is 3.05. The van der Waals surface area contributed by atoms with E-state index in [0.29, 0.717) is 0 Å². The number of hydrogen-bond donors (Lipinski definition) is 0. The zero-order chi connectivity index (χ0) is 15.0. The maximum absolute atomic E-state index is 4.20. The molecule has 1 aromatic carbocycles. The highest BCUT2D eigenvalue weighted by atomic mass is 79.9. The quantitative estimate of drug-likeness (QED) is 0.832. The van der Waals surface area contributed by atoms with Gasteiger partial charge in [0.05, 0.1) is 0 Å². The Morgan fingerprint density at radius 1 is 1.10 bits per heavy atom. The molecule has 3 rings (SSSR count). The summed E-state index contributed by atoms with van der Waals surface area (Å²) >= 11 is 3.38. The highest BCUT2D eigenvalue weighted by molar-refractivity contribution is 9.10. The molecule has 21 heavy (non-hydrogen) atoms. The third-order valence-corrected chi connectivity index (χ3v) is 4.79. The lowest BCUT2D eigenvalue weighted by Crippen LogP contribution is -2.57. The van der Waals surface area contributed by atoms with Gasteiger partial charge in [-0.2, -0.15) is 0 Å². The molecule has 5 heteroatoms. The zero-order valence-corrected chi connectivity index (χ0v) is 14.3. The molecule has 0 spiro atoms. The van der Waals surface area contributed by atoms with Crippen molar-refractivity contribution >= 4 is 21.6 Å². The molecule has 1 aliphatic rings. The van der Waals surface area contributed by atoms with Gasteiger partial charge in [0.25, 0.3) is 0 Å². The van der Waals surface area contributed by atoms with Crippen LogP contribution in [0.4, 0.5) is 5.69 Å². The Balaban J connectivity index is 1.78. The van der Waals surface area contributed by atoms with Crippen molar-refractivity contribution in [3.8, 4) is 5.69 Å². The van der Waals surface area contributed by atoms with Crippen molar-refractivity contribution in [2.75, 3.05) is 31.6 Å². The molecular formula is C16H21BrN4. The lowest BCUT2D eigenvalue weighted by molar-refractivity contribution is 0.139. The maximum Gasteiger partial charge on any atom is 0.124 e. The summed E-state index contributed by atoms with van der Waals surface area (Å²) in [4.78, 5) is 9.09. The van der Waals surface area contributed by atoms with Gasteiger partial charge < -0.3 is 9.47 Å². The van der Waals surface area contributed by atoms with Crippen molar-refractivity contribution in [2.24, 2.45) is 0 Å². The predicted molar refractivity (Wildman–Crippen MR) is 90.2 cm³/mol. The molecule has 0 saturated carbocycles. The van der Waals surface area contributed by atoms with E-state index in [1.54, 1.807) is 0 Å². The first-order valence-corrected chi connectivity index (χ1v) is 8.01. The third-order valence-electron chi connectivity index (χ3n) is 4.38. The number of nitrogens with zero attached hydrogens (tertiary/aromatic N) is 4. The second-order valence-electron chi connectivity index (χ2n) is 6.28.